The van der Waals surface area contributed by atoms with Crippen LogP contribution in [0.15, 0.2) is 24.2 Å². The molecule has 2 heterocycles. The first kappa shape index (κ1) is 16.8. The maximum absolute atomic E-state index is 12.0. The van der Waals surface area contributed by atoms with Gasteiger partial charge in [0.15, 0.2) is 5.13 Å². The lowest BCUT2D eigenvalue weighted by Crippen LogP contribution is -2.49. The zero-order valence-corrected chi connectivity index (χ0v) is 14.1. The Morgan fingerprint density at radius 1 is 1.59 bits per heavy atom. The smallest absolute Gasteiger partial charge is 0.315 e. The molecule has 1 aromatic heterocycles. The molecule has 1 aromatic rings. The number of rotatable bonds is 7. The fourth-order valence-electron chi connectivity index (χ4n) is 2.68. The zero-order chi connectivity index (χ0) is 15.8. The van der Waals surface area contributed by atoms with Crippen molar-refractivity contribution in [3.63, 3.8) is 0 Å². The number of amides is 2. The van der Waals surface area contributed by atoms with Crippen LogP contribution in [0.1, 0.15) is 39.0 Å². The van der Waals surface area contributed by atoms with E-state index in [1.807, 2.05) is 24.6 Å². The number of nitrogens with zero attached hydrogens (tertiary/aromatic N) is 2. The lowest BCUT2D eigenvalue weighted by Gasteiger charge is -2.32. The molecule has 0 unspecified atom stereocenters. The van der Waals surface area contributed by atoms with Gasteiger partial charge in [0.1, 0.15) is 0 Å². The summed E-state index contributed by atoms with van der Waals surface area (Å²) in [6, 6.07) is 0.422. The number of allylic oxidation sites excluding steroid dienone is 1. The fraction of sp³-hybridized carbons (Fsp3) is 0.625. The molecule has 0 spiro atoms. The number of hydrogen-bond acceptors (Lipinski definition) is 4. The van der Waals surface area contributed by atoms with Crippen molar-refractivity contribution in [1.29, 1.82) is 0 Å². The molecule has 122 valence electrons. The second-order valence-corrected chi connectivity index (χ2v) is 6.69. The van der Waals surface area contributed by atoms with Gasteiger partial charge in [-0.25, -0.2) is 9.78 Å². The predicted octanol–water partition coefficient (Wildman–Crippen LogP) is 3.16. The minimum Gasteiger partial charge on any atom is -0.348 e. The SMILES string of the molecule is C=CCCC[C@H](C)NC(=O)NC1CCN(c2nccs2)CC1. The van der Waals surface area contributed by atoms with Crippen LogP contribution < -0.4 is 15.5 Å². The lowest BCUT2D eigenvalue weighted by molar-refractivity contribution is 0.230. The minimum atomic E-state index is -0.0428. The summed E-state index contributed by atoms with van der Waals surface area (Å²) in [6.07, 6.45) is 8.76. The van der Waals surface area contributed by atoms with Gasteiger partial charge >= 0.3 is 6.03 Å². The third-order valence-corrected chi connectivity index (χ3v) is 4.78. The molecule has 1 aliphatic rings. The monoisotopic (exact) mass is 322 g/mol. The first-order valence-corrected chi connectivity index (χ1v) is 8.89. The molecule has 0 saturated carbocycles. The van der Waals surface area contributed by atoms with Gasteiger partial charge in [0.05, 0.1) is 0 Å². The molecular weight excluding hydrogens is 296 g/mol. The van der Waals surface area contributed by atoms with Crippen molar-refractivity contribution >= 4 is 22.5 Å². The Kier molecular flexibility index (Phi) is 6.71. The van der Waals surface area contributed by atoms with E-state index in [1.165, 1.54) is 0 Å². The van der Waals surface area contributed by atoms with E-state index in [0.29, 0.717) is 0 Å². The molecular formula is C16H26N4OS. The van der Waals surface area contributed by atoms with Crippen LogP contribution in [0, 0.1) is 0 Å². The van der Waals surface area contributed by atoms with Crippen LogP contribution in [0.25, 0.3) is 0 Å². The Labute approximate surface area is 136 Å². The molecule has 2 amide bonds. The highest BCUT2D eigenvalue weighted by atomic mass is 32.1. The summed E-state index contributed by atoms with van der Waals surface area (Å²) in [5.74, 6) is 0. The number of urea groups is 1. The van der Waals surface area contributed by atoms with E-state index in [1.54, 1.807) is 11.3 Å². The molecule has 1 atom stereocenters. The summed E-state index contributed by atoms with van der Waals surface area (Å²) in [5, 5.41) is 9.19. The second kappa shape index (κ2) is 8.78. The Morgan fingerprint density at radius 2 is 2.36 bits per heavy atom. The van der Waals surface area contributed by atoms with Crippen LogP contribution in [0.2, 0.25) is 0 Å². The summed E-state index contributed by atoms with van der Waals surface area (Å²) < 4.78 is 0. The van der Waals surface area contributed by atoms with E-state index >= 15 is 0 Å². The number of piperidine rings is 1. The number of carbonyl (C=O) groups excluding carboxylic acids is 1. The van der Waals surface area contributed by atoms with Crippen molar-refractivity contribution in [3.8, 4) is 0 Å². The van der Waals surface area contributed by atoms with Gasteiger partial charge in [-0.2, -0.15) is 0 Å². The molecule has 1 fully saturated rings. The van der Waals surface area contributed by atoms with Crippen LogP contribution >= 0.6 is 11.3 Å². The summed E-state index contributed by atoms with van der Waals surface area (Å²) >= 11 is 1.67. The highest BCUT2D eigenvalue weighted by Gasteiger charge is 2.22. The van der Waals surface area contributed by atoms with E-state index in [9.17, 15) is 4.79 Å². The molecule has 2 rings (SSSR count). The Hall–Kier alpha value is -1.56. The van der Waals surface area contributed by atoms with Gasteiger partial charge < -0.3 is 15.5 Å². The van der Waals surface area contributed by atoms with Crippen molar-refractivity contribution in [2.75, 3.05) is 18.0 Å². The lowest BCUT2D eigenvalue weighted by atomic mass is 10.1. The maximum Gasteiger partial charge on any atom is 0.315 e. The molecule has 1 saturated heterocycles. The molecule has 6 heteroatoms. The fourth-order valence-corrected chi connectivity index (χ4v) is 3.38. The first-order valence-electron chi connectivity index (χ1n) is 8.01. The standard InChI is InChI=1S/C16H26N4OS/c1-3-4-5-6-13(2)18-15(21)19-14-7-10-20(11-8-14)16-17-9-12-22-16/h3,9,12-14H,1,4-8,10-11H2,2H3,(H2,18,19,21)/t13-/m0/s1. The molecule has 1 aliphatic heterocycles. The first-order chi connectivity index (χ1) is 10.7. The largest absolute Gasteiger partial charge is 0.348 e. The quantitative estimate of drug-likeness (QED) is 0.599. The molecule has 22 heavy (non-hydrogen) atoms. The van der Waals surface area contributed by atoms with E-state index in [4.69, 9.17) is 0 Å². The summed E-state index contributed by atoms with van der Waals surface area (Å²) in [4.78, 5) is 18.6. The summed E-state index contributed by atoms with van der Waals surface area (Å²) in [5.41, 5.74) is 0. The zero-order valence-electron chi connectivity index (χ0n) is 13.3. The third kappa shape index (κ3) is 5.33. The van der Waals surface area contributed by atoms with Gasteiger partial charge in [-0.05, 0) is 39.0 Å². The van der Waals surface area contributed by atoms with Crippen LogP contribution in [0.3, 0.4) is 0 Å². The summed E-state index contributed by atoms with van der Waals surface area (Å²) in [7, 11) is 0. The van der Waals surface area contributed by atoms with Gasteiger partial charge in [0.2, 0.25) is 0 Å². The van der Waals surface area contributed by atoms with Crippen molar-refractivity contribution in [2.45, 2.75) is 51.1 Å². The van der Waals surface area contributed by atoms with E-state index < -0.39 is 0 Å². The maximum atomic E-state index is 12.0. The van der Waals surface area contributed by atoms with Crippen LogP contribution in [0.4, 0.5) is 9.93 Å². The number of carbonyl (C=O) groups is 1. The number of aromatic nitrogens is 1. The highest BCUT2D eigenvalue weighted by Crippen LogP contribution is 2.21. The second-order valence-electron chi connectivity index (χ2n) is 5.81. The molecule has 0 bridgehead atoms. The molecule has 0 radical (unpaired) electrons. The number of unbranched alkanes of at least 4 members (excludes halogenated alkanes) is 1. The van der Waals surface area contributed by atoms with Crippen molar-refractivity contribution < 1.29 is 4.79 Å². The Morgan fingerprint density at radius 3 is 3.00 bits per heavy atom. The average Bonchev–Trinajstić information content (AvgIpc) is 3.02. The van der Waals surface area contributed by atoms with Gasteiger partial charge in [-0.1, -0.05) is 6.08 Å². The van der Waals surface area contributed by atoms with Crippen molar-refractivity contribution in [3.05, 3.63) is 24.2 Å². The highest BCUT2D eigenvalue weighted by molar-refractivity contribution is 7.13. The van der Waals surface area contributed by atoms with Gasteiger partial charge in [-0.15, -0.1) is 17.9 Å². The number of nitrogens with one attached hydrogen (secondary N) is 2. The number of hydrogen-bond donors (Lipinski definition) is 2. The molecule has 0 aliphatic carbocycles. The Balaban J connectivity index is 1.65. The van der Waals surface area contributed by atoms with Crippen molar-refractivity contribution in [1.82, 2.24) is 15.6 Å². The molecule has 0 aromatic carbocycles. The predicted molar refractivity (Wildman–Crippen MR) is 92.5 cm³/mol. The van der Waals surface area contributed by atoms with Crippen LogP contribution in [0.5, 0.6) is 0 Å². The number of thiazole rings is 1. The van der Waals surface area contributed by atoms with Crippen LogP contribution in [-0.4, -0.2) is 36.2 Å². The minimum absolute atomic E-state index is 0.0428. The average molecular weight is 322 g/mol. The molecule has 5 nitrogen and oxygen atoms in total. The van der Waals surface area contributed by atoms with Gasteiger partial charge in [-0.3, -0.25) is 0 Å². The van der Waals surface area contributed by atoms with Gasteiger partial charge in [0, 0.05) is 36.8 Å². The van der Waals surface area contributed by atoms with E-state index in [2.05, 4.69) is 27.1 Å². The number of anilines is 1. The Bertz CT molecular complexity index is 455. The summed E-state index contributed by atoms with van der Waals surface area (Å²) in [6.45, 7) is 7.67. The van der Waals surface area contributed by atoms with E-state index in [0.717, 1.165) is 50.3 Å². The molecule has 2 N–H and O–H groups in total. The van der Waals surface area contributed by atoms with E-state index in [-0.39, 0.29) is 18.1 Å². The third-order valence-electron chi connectivity index (χ3n) is 3.94. The normalized spacial score (nSPS) is 17.0. The topological polar surface area (TPSA) is 57.3 Å². The van der Waals surface area contributed by atoms with Crippen LogP contribution in [-0.2, 0) is 0 Å². The van der Waals surface area contributed by atoms with Gasteiger partial charge in [0.25, 0.3) is 0 Å². The van der Waals surface area contributed by atoms with Crippen molar-refractivity contribution in [2.24, 2.45) is 0 Å².